The van der Waals surface area contributed by atoms with E-state index in [0.29, 0.717) is 11.6 Å². The Hall–Kier alpha value is -2.14. The second kappa shape index (κ2) is 4.95. The van der Waals surface area contributed by atoms with Crippen molar-refractivity contribution in [2.75, 3.05) is 12.0 Å². The van der Waals surface area contributed by atoms with Crippen LogP contribution in [0.2, 0.25) is 0 Å². The van der Waals surface area contributed by atoms with Crippen molar-refractivity contribution in [3.63, 3.8) is 0 Å². The van der Waals surface area contributed by atoms with Gasteiger partial charge in [-0.15, -0.1) is 0 Å². The van der Waals surface area contributed by atoms with E-state index in [9.17, 15) is 8.42 Å². The number of aryl methyl sites for hydroxylation is 1. The molecule has 22 heavy (non-hydrogen) atoms. The number of sulfone groups is 1. The Bertz CT molecular complexity index is 904. The zero-order valence-electron chi connectivity index (χ0n) is 12.5. The smallest absolute Gasteiger partial charge is 0.264 e. The molecule has 2 aromatic rings. The fourth-order valence-corrected chi connectivity index (χ4v) is 3.53. The van der Waals surface area contributed by atoms with Crippen molar-refractivity contribution in [2.24, 2.45) is 5.92 Å². The van der Waals surface area contributed by atoms with E-state index < -0.39 is 9.84 Å². The average Bonchev–Trinajstić information content (AvgIpc) is 2.69. The molecule has 8 heteroatoms. The molecule has 0 bridgehead atoms. The molecule has 7 nitrogen and oxygen atoms in total. The van der Waals surface area contributed by atoms with Crippen LogP contribution in [0.1, 0.15) is 30.5 Å². The van der Waals surface area contributed by atoms with Gasteiger partial charge >= 0.3 is 0 Å². The number of nitrogens with zero attached hydrogens (tertiary/aromatic N) is 4. The molecule has 0 unspecified atom stereocenters. The number of rotatable bonds is 3. The monoisotopic (exact) mass is 319 g/mol. The second-order valence-corrected chi connectivity index (χ2v) is 7.77. The lowest BCUT2D eigenvalue weighted by Gasteiger charge is -2.24. The molecule has 0 saturated heterocycles. The first-order valence-electron chi connectivity index (χ1n) is 7.08. The highest BCUT2D eigenvalue weighted by atomic mass is 32.2. The van der Waals surface area contributed by atoms with Crippen LogP contribution in [-0.4, -0.2) is 29.3 Å². The molecule has 0 spiro atoms. The van der Waals surface area contributed by atoms with Gasteiger partial charge in [-0.2, -0.15) is 5.10 Å². The normalized spacial score (nSPS) is 15.7. The van der Waals surface area contributed by atoms with E-state index in [0.717, 1.165) is 23.9 Å². The highest BCUT2D eigenvalue weighted by Gasteiger charge is 2.26. The number of fused-ring (bicyclic) bond motifs is 1. The summed E-state index contributed by atoms with van der Waals surface area (Å²) in [6, 6.07) is 0. The van der Waals surface area contributed by atoms with Crippen LogP contribution in [-0.2, 0) is 16.3 Å². The fourth-order valence-electron chi connectivity index (χ4n) is 2.78. The highest BCUT2D eigenvalue weighted by molar-refractivity contribution is 7.90. The molecule has 0 radical (unpaired) electrons. The van der Waals surface area contributed by atoms with Gasteiger partial charge in [0.25, 0.3) is 5.69 Å². The standard InChI is InChI=1S/C14H17N5O2S/c1-8-10(7-9-5-4-6-9)13-17-14(22(3,20)21)11(16-2)12(15)19(13)18-8/h9H,4-7,15H2,1,3H3. The topological polar surface area (TPSA) is 94.7 Å². The SMILES string of the molecule is [C-]#[N+]c1c(S(C)(=O)=O)nc2c(CC3CCC3)c(C)nn2c1N. The lowest BCUT2D eigenvalue weighted by Crippen LogP contribution is -2.14. The molecular weight excluding hydrogens is 302 g/mol. The molecular formula is C14H17N5O2S. The van der Waals surface area contributed by atoms with Gasteiger partial charge in [-0.1, -0.05) is 19.3 Å². The molecule has 2 N–H and O–H groups in total. The first-order chi connectivity index (χ1) is 10.3. The minimum absolute atomic E-state index is 0.0309. The van der Waals surface area contributed by atoms with Crippen LogP contribution < -0.4 is 5.73 Å². The third kappa shape index (κ3) is 2.22. The summed E-state index contributed by atoms with van der Waals surface area (Å²) in [5.74, 6) is 0.625. The molecule has 0 aromatic carbocycles. The molecule has 1 saturated carbocycles. The molecule has 116 valence electrons. The summed E-state index contributed by atoms with van der Waals surface area (Å²) >= 11 is 0. The molecule has 1 fully saturated rings. The first-order valence-corrected chi connectivity index (χ1v) is 8.97. The third-order valence-electron chi connectivity index (χ3n) is 4.22. The van der Waals surface area contributed by atoms with Crippen LogP contribution >= 0.6 is 0 Å². The molecule has 0 amide bonds. The van der Waals surface area contributed by atoms with E-state index in [4.69, 9.17) is 12.3 Å². The number of hydrogen-bond acceptors (Lipinski definition) is 5. The van der Waals surface area contributed by atoms with Crippen LogP contribution in [0.15, 0.2) is 5.03 Å². The van der Waals surface area contributed by atoms with Gasteiger partial charge in [0, 0.05) is 11.8 Å². The number of anilines is 1. The molecule has 3 rings (SSSR count). The maximum Gasteiger partial charge on any atom is 0.264 e. The molecule has 0 aliphatic heterocycles. The molecule has 2 aromatic heterocycles. The zero-order valence-corrected chi connectivity index (χ0v) is 13.3. The Morgan fingerprint density at radius 1 is 1.45 bits per heavy atom. The summed E-state index contributed by atoms with van der Waals surface area (Å²) < 4.78 is 25.2. The minimum atomic E-state index is -3.63. The quantitative estimate of drug-likeness (QED) is 0.689. The predicted octanol–water partition coefficient (Wildman–Crippen LogP) is 1.92. The summed E-state index contributed by atoms with van der Waals surface area (Å²) in [7, 11) is -3.63. The van der Waals surface area contributed by atoms with Gasteiger partial charge in [-0.25, -0.2) is 22.8 Å². The third-order valence-corrected chi connectivity index (χ3v) is 5.21. The predicted molar refractivity (Wildman–Crippen MR) is 82.6 cm³/mol. The number of aromatic nitrogens is 3. The lowest BCUT2D eigenvalue weighted by molar-refractivity contribution is 0.314. The minimum Gasteiger partial charge on any atom is -0.392 e. The van der Waals surface area contributed by atoms with Crippen LogP contribution in [0.25, 0.3) is 10.5 Å². The number of nitrogen functional groups attached to an aromatic ring is 1. The van der Waals surface area contributed by atoms with E-state index in [1.54, 1.807) is 0 Å². The van der Waals surface area contributed by atoms with Crippen LogP contribution in [0, 0.1) is 19.4 Å². The van der Waals surface area contributed by atoms with E-state index in [1.165, 1.54) is 23.8 Å². The molecule has 1 aliphatic carbocycles. The maximum atomic E-state index is 11.9. The number of nitrogens with two attached hydrogens (primary N) is 1. The van der Waals surface area contributed by atoms with Gasteiger partial charge in [0.1, 0.15) is 5.82 Å². The lowest BCUT2D eigenvalue weighted by atomic mass is 9.81. The van der Waals surface area contributed by atoms with Crippen LogP contribution in [0.5, 0.6) is 0 Å². The van der Waals surface area contributed by atoms with Crippen LogP contribution in [0.4, 0.5) is 11.5 Å². The fraction of sp³-hybridized carbons (Fsp3) is 0.500. The van der Waals surface area contributed by atoms with E-state index in [2.05, 4.69) is 14.9 Å². The van der Waals surface area contributed by atoms with Crippen molar-refractivity contribution < 1.29 is 8.42 Å². The Labute approximate surface area is 128 Å². The summed E-state index contributed by atoms with van der Waals surface area (Å²) in [6.07, 6.45) is 5.43. The summed E-state index contributed by atoms with van der Waals surface area (Å²) in [5, 5.41) is 4.09. The summed E-state index contributed by atoms with van der Waals surface area (Å²) in [5.41, 5.74) is 7.98. The average molecular weight is 319 g/mol. The van der Waals surface area contributed by atoms with Gasteiger partial charge < -0.3 is 5.73 Å². The highest BCUT2D eigenvalue weighted by Crippen LogP contribution is 2.35. The first kappa shape index (κ1) is 14.8. The maximum absolute atomic E-state index is 11.9. The van der Waals surface area contributed by atoms with Gasteiger partial charge in [0.15, 0.2) is 20.5 Å². The van der Waals surface area contributed by atoms with Crippen molar-refractivity contribution in [1.29, 1.82) is 0 Å². The summed E-state index contributed by atoms with van der Waals surface area (Å²) in [4.78, 5) is 7.47. The number of hydrogen-bond donors (Lipinski definition) is 1. The molecule has 2 heterocycles. The van der Waals surface area contributed by atoms with E-state index in [-0.39, 0.29) is 16.5 Å². The summed E-state index contributed by atoms with van der Waals surface area (Å²) in [6.45, 7) is 9.05. The van der Waals surface area contributed by atoms with E-state index >= 15 is 0 Å². The van der Waals surface area contributed by atoms with Gasteiger partial charge in [-0.05, 0) is 19.3 Å². The van der Waals surface area contributed by atoms with Crippen molar-refractivity contribution in [1.82, 2.24) is 14.6 Å². The Kier molecular flexibility index (Phi) is 3.33. The Morgan fingerprint density at radius 3 is 2.64 bits per heavy atom. The van der Waals surface area contributed by atoms with Gasteiger partial charge in [0.2, 0.25) is 0 Å². The molecule has 1 aliphatic rings. The Balaban J connectivity index is 2.29. The second-order valence-electron chi connectivity index (χ2n) is 5.84. The largest absolute Gasteiger partial charge is 0.392 e. The van der Waals surface area contributed by atoms with Crippen molar-refractivity contribution in [2.45, 2.75) is 37.6 Å². The van der Waals surface area contributed by atoms with Gasteiger partial charge in [-0.3, -0.25) is 0 Å². The van der Waals surface area contributed by atoms with Gasteiger partial charge in [0.05, 0.1) is 12.3 Å². The van der Waals surface area contributed by atoms with Crippen LogP contribution in [0.3, 0.4) is 0 Å². The Morgan fingerprint density at radius 2 is 2.14 bits per heavy atom. The molecule has 0 atom stereocenters. The van der Waals surface area contributed by atoms with Crippen molar-refractivity contribution >= 4 is 27.0 Å². The zero-order chi connectivity index (χ0) is 16.1. The van der Waals surface area contributed by atoms with Crippen molar-refractivity contribution in [3.8, 4) is 0 Å². The van der Waals surface area contributed by atoms with E-state index in [1.807, 2.05) is 6.92 Å². The van der Waals surface area contributed by atoms with Crippen molar-refractivity contribution in [3.05, 3.63) is 22.7 Å².